The van der Waals surface area contributed by atoms with Gasteiger partial charge in [-0.2, -0.15) is 0 Å². The molecular weight excluding hydrogens is 178 g/mol. The Morgan fingerprint density at radius 2 is 2.00 bits per heavy atom. The van der Waals surface area contributed by atoms with E-state index in [9.17, 15) is 9.90 Å². The minimum Gasteiger partial charge on any atom is -0.481 e. The predicted octanol–water partition coefficient (Wildman–Crippen LogP) is 1.63. The quantitative estimate of drug-likeness (QED) is 0.720. The van der Waals surface area contributed by atoms with Crippen molar-refractivity contribution in [2.75, 3.05) is 13.1 Å². The molecule has 0 radical (unpaired) electrons. The second-order valence-corrected chi connectivity index (χ2v) is 5.04. The number of fused-ring (bicyclic) bond motifs is 2. The van der Waals surface area contributed by atoms with Crippen molar-refractivity contribution in [1.82, 2.24) is 5.32 Å². The summed E-state index contributed by atoms with van der Waals surface area (Å²) in [4.78, 5) is 11.2. The highest BCUT2D eigenvalue weighted by atomic mass is 16.4. The molecule has 2 fully saturated rings. The van der Waals surface area contributed by atoms with E-state index >= 15 is 0 Å². The van der Waals surface area contributed by atoms with Crippen molar-refractivity contribution in [3.8, 4) is 0 Å². The number of hydrogen-bond donors (Lipinski definition) is 2. The molecule has 0 unspecified atom stereocenters. The normalized spacial score (nSPS) is 40.4. The Kier molecular flexibility index (Phi) is 2.30. The number of hydrogen-bond acceptors (Lipinski definition) is 2. The Morgan fingerprint density at radius 3 is 2.43 bits per heavy atom. The third-order valence-corrected chi connectivity index (χ3v) is 4.18. The van der Waals surface area contributed by atoms with Gasteiger partial charge in [-0.3, -0.25) is 4.79 Å². The van der Waals surface area contributed by atoms with Crippen LogP contribution in [0.2, 0.25) is 0 Å². The summed E-state index contributed by atoms with van der Waals surface area (Å²) in [6.45, 7) is 4.10. The summed E-state index contributed by atoms with van der Waals surface area (Å²) in [7, 11) is 0. The van der Waals surface area contributed by atoms with Crippen LogP contribution in [-0.2, 0) is 4.79 Å². The summed E-state index contributed by atoms with van der Waals surface area (Å²) in [6.07, 6.45) is 4.91. The molecule has 2 aliphatic rings. The van der Waals surface area contributed by atoms with Gasteiger partial charge in [0.1, 0.15) is 0 Å². The van der Waals surface area contributed by atoms with Crippen molar-refractivity contribution >= 4 is 5.97 Å². The van der Waals surface area contributed by atoms with E-state index < -0.39 is 5.97 Å². The van der Waals surface area contributed by atoms with E-state index in [1.165, 1.54) is 0 Å². The Bertz CT molecular complexity index is 242. The average molecular weight is 197 g/mol. The van der Waals surface area contributed by atoms with Crippen LogP contribution in [0, 0.1) is 10.8 Å². The number of aliphatic carboxylic acids is 1. The molecular formula is C11H19NO2. The molecule has 3 heteroatoms. The van der Waals surface area contributed by atoms with Gasteiger partial charge in [0.2, 0.25) is 0 Å². The zero-order chi connectivity index (χ0) is 10.2. The third kappa shape index (κ3) is 1.34. The second kappa shape index (κ2) is 3.23. The first-order valence-corrected chi connectivity index (χ1v) is 5.57. The van der Waals surface area contributed by atoms with E-state index in [1.807, 2.05) is 0 Å². The largest absolute Gasteiger partial charge is 0.481 e. The molecule has 0 atom stereocenters. The summed E-state index contributed by atoms with van der Waals surface area (Å²) >= 11 is 0. The van der Waals surface area contributed by atoms with Crippen LogP contribution in [-0.4, -0.2) is 24.2 Å². The molecule has 0 spiro atoms. The Hall–Kier alpha value is -0.570. The summed E-state index contributed by atoms with van der Waals surface area (Å²) < 4.78 is 0. The maximum Gasteiger partial charge on any atom is 0.309 e. The fourth-order valence-corrected chi connectivity index (χ4v) is 3.25. The molecule has 2 rings (SSSR count). The number of carboxylic acid groups (broad SMARTS) is 1. The van der Waals surface area contributed by atoms with Gasteiger partial charge in [-0.15, -0.1) is 0 Å². The van der Waals surface area contributed by atoms with Crippen LogP contribution in [0.3, 0.4) is 0 Å². The van der Waals surface area contributed by atoms with Gasteiger partial charge in [0.15, 0.2) is 0 Å². The predicted molar refractivity (Wildman–Crippen MR) is 54.1 cm³/mol. The lowest BCUT2D eigenvalue weighted by molar-refractivity contribution is -0.148. The van der Waals surface area contributed by atoms with Crippen molar-refractivity contribution in [2.45, 2.75) is 39.0 Å². The van der Waals surface area contributed by atoms with Crippen LogP contribution >= 0.6 is 0 Å². The molecule has 0 aromatic rings. The fraction of sp³-hybridized carbons (Fsp3) is 0.909. The zero-order valence-corrected chi connectivity index (χ0v) is 8.81. The van der Waals surface area contributed by atoms with Crippen molar-refractivity contribution in [1.29, 1.82) is 0 Å². The molecule has 0 aliphatic heterocycles. The van der Waals surface area contributed by atoms with Gasteiger partial charge in [-0.1, -0.05) is 6.92 Å². The van der Waals surface area contributed by atoms with Crippen molar-refractivity contribution < 1.29 is 9.90 Å². The number of carboxylic acids is 1. The van der Waals surface area contributed by atoms with Gasteiger partial charge < -0.3 is 10.4 Å². The molecule has 0 aromatic carbocycles. The number of rotatable bonds is 4. The standard InChI is InChI=1S/C11H19NO2/c1-2-12-8-10-3-5-11(7-10,6-4-10)9(13)14/h12H,2-8H2,1H3,(H,13,14). The molecule has 2 bridgehead atoms. The first-order valence-electron chi connectivity index (χ1n) is 5.57. The van der Waals surface area contributed by atoms with E-state index in [2.05, 4.69) is 12.2 Å². The van der Waals surface area contributed by atoms with Gasteiger partial charge in [0.25, 0.3) is 0 Å². The average Bonchev–Trinajstić information content (AvgIpc) is 2.72. The summed E-state index contributed by atoms with van der Waals surface area (Å²) in [5.41, 5.74) is -0.0379. The van der Waals surface area contributed by atoms with Crippen molar-refractivity contribution in [2.24, 2.45) is 10.8 Å². The highest BCUT2D eigenvalue weighted by Crippen LogP contribution is 2.61. The second-order valence-electron chi connectivity index (χ2n) is 5.04. The van der Waals surface area contributed by atoms with Gasteiger partial charge in [-0.25, -0.2) is 0 Å². The lowest BCUT2D eigenvalue weighted by Gasteiger charge is -2.26. The molecule has 2 aliphatic carbocycles. The Morgan fingerprint density at radius 1 is 1.36 bits per heavy atom. The van der Waals surface area contributed by atoms with Crippen LogP contribution in [0.25, 0.3) is 0 Å². The zero-order valence-electron chi connectivity index (χ0n) is 8.81. The molecule has 80 valence electrons. The highest BCUT2D eigenvalue weighted by Gasteiger charge is 2.57. The fourth-order valence-electron chi connectivity index (χ4n) is 3.25. The van der Waals surface area contributed by atoms with Crippen LogP contribution in [0.4, 0.5) is 0 Å². The number of nitrogens with one attached hydrogen (secondary N) is 1. The number of carbonyl (C=O) groups is 1. The topological polar surface area (TPSA) is 49.3 Å². The molecule has 0 amide bonds. The van der Waals surface area contributed by atoms with E-state index in [0.29, 0.717) is 5.41 Å². The van der Waals surface area contributed by atoms with Gasteiger partial charge in [-0.05, 0) is 44.1 Å². The van der Waals surface area contributed by atoms with Crippen LogP contribution in [0.15, 0.2) is 0 Å². The minimum absolute atomic E-state index is 0.314. The SMILES string of the molecule is CCNCC12CCC(C(=O)O)(CC1)C2. The van der Waals surface area contributed by atoms with Crippen LogP contribution in [0.1, 0.15) is 39.0 Å². The first kappa shape index (κ1) is 9.97. The Balaban J connectivity index is 2.04. The van der Waals surface area contributed by atoms with E-state index in [-0.39, 0.29) is 5.41 Å². The molecule has 14 heavy (non-hydrogen) atoms. The third-order valence-electron chi connectivity index (χ3n) is 4.18. The van der Waals surface area contributed by atoms with Crippen LogP contribution < -0.4 is 5.32 Å². The molecule has 2 saturated carbocycles. The maximum absolute atomic E-state index is 11.2. The van der Waals surface area contributed by atoms with Crippen LogP contribution in [0.5, 0.6) is 0 Å². The highest BCUT2D eigenvalue weighted by molar-refractivity contribution is 5.75. The molecule has 0 aromatic heterocycles. The van der Waals surface area contributed by atoms with E-state index in [1.54, 1.807) is 0 Å². The minimum atomic E-state index is -0.562. The Labute approximate surface area is 84.9 Å². The molecule has 3 nitrogen and oxygen atoms in total. The van der Waals surface area contributed by atoms with E-state index in [4.69, 9.17) is 0 Å². The van der Waals surface area contributed by atoms with Crippen molar-refractivity contribution in [3.63, 3.8) is 0 Å². The summed E-state index contributed by atoms with van der Waals surface area (Å²) in [5, 5.41) is 12.6. The molecule has 0 saturated heterocycles. The lowest BCUT2D eigenvalue weighted by atomic mass is 9.82. The van der Waals surface area contributed by atoms with Crippen molar-refractivity contribution in [3.05, 3.63) is 0 Å². The van der Waals surface area contributed by atoms with E-state index in [0.717, 1.165) is 45.2 Å². The maximum atomic E-state index is 11.2. The van der Waals surface area contributed by atoms with Gasteiger partial charge >= 0.3 is 5.97 Å². The smallest absolute Gasteiger partial charge is 0.309 e. The summed E-state index contributed by atoms with van der Waals surface area (Å²) in [6, 6.07) is 0. The first-order chi connectivity index (χ1) is 6.63. The van der Waals surface area contributed by atoms with Gasteiger partial charge in [0, 0.05) is 6.54 Å². The van der Waals surface area contributed by atoms with Gasteiger partial charge in [0.05, 0.1) is 5.41 Å². The molecule has 0 heterocycles. The monoisotopic (exact) mass is 197 g/mol. The molecule has 2 N–H and O–H groups in total. The lowest BCUT2D eigenvalue weighted by Crippen LogP contribution is -2.30. The summed E-state index contributed by atoms with van der Waals surface area (Å²) in [5.74, 6) is -0.562.